The summed E-state index contributed by atoms with van der Waals surface area (Å²) in [5, 5.41) is 4.00. The van der Waals surface area contributed by atoms with Crippen LogP contribution in [0.1, 0.15) is 43.3 Å². The van der Waals surface area contributed by atoms with Gasteiger partial charge in [0.05, 0.1) is 17.4 Å². The number of sulfonamides is 1. The number of hydrogen-bond donors (Lipinski definition) is 0. The highest BCUT2D eigenvalue weighted by atomic mass is 32.2. The smallest absolute Gasteiger partial charge is 0.243 e. The van der Waals surface area contributed by atoms with Crippen molar-refractivity contribution >= 4 is 10.0 Å². The van der Waals surface area contributed by atoms with Crippen LogP contribution in [0, 0.1) is 11.7 Å². The van der Waals surface area contributed by atoms with Crippen molar-refractivity contribution in [3.8, 4) is 0 Å². The van der Waals surface area contributed by atoms with Crippen molar-refractivity contribution in [3.63, 3.8) is 0 Å². The van der Waals surface area contributed by atoms with E-state index in [1.807, 2.05) is 0 Å². The second-order valence-electron chi connectivity index (χ2n) is 7.48. The van der Waals surface area contributed by atoms with E-state index in [0.717, 1.165) is 19.1 Å². The fraction of sp³-hybridized carbons (Fsp3) is 0.579. The largest absolute Gasteiger partial charge is 0.381 e. The summed E-state index contributed by atoms with van der Waals surface area (Å²) in [6.07, 6.45) is 4.54. The molecule has 1 unspecified atom stereocenters. The van der Waals surface area contributed by atoms with Gasteiger partial charge >= 0.3 is 0 Å². The maximum absolute atomic E-state index is 13.5. The quantitative estimate of drug-likeness (QED) is 0.623. The van der Waals surface area contributed by atoms with Gasteiger partial charge in [0, 0.05) is 26.1 Å². The lowest BCUT2D eigenvalue weighted by Crippen LogP contribution is -2.39. The minimum Gasteiger partial charge on any atom is -0.381 e. The van der Waals surface area contributed by atoms with Crippen molar-refractivity contribution in [3.05, 3.63) is 41.8 Å². The van der Waals surface area contributed by atoms with Crippen molar-refractivity contribution < 1.29 is 22.1 Å². The van der Waals surface area contributed by atoms with Crippen LogP contribution in [0.5, 0.6) is 0 Å². The van der Waals surface area contributed by atoms with Gasteiger partial charge in [-0.15, -0.1) is 0 Å². The van der Waals surface area contributed by atoms with Gasteiger partial charge in [0.25, 0.3) is 0 Å². The predicted octanol–water partition coefficient (Wildman–Crippen LogP) is 2.75. The van der Waals surface area contributed by atoms with E-state index in [9.17, 15) is 12.8 Å². The Labute approximate surface area is 163 Å². The molecule has 2 fully saturated rings. The number of rotatable bonds is 8. The van der Waals surface area contributed by atoms with Gasteiger partial charge in [-0.2, -0.15) is 9.29 Å². The Hall–Kier alpha value is -1.84. The average molecular weight is 409 g/mol. The Morgan fingerprint density at radius 3 is 2.93 bits per heavy atom. The summed E-state index contributed by atoms with van der Waals surface area (Å²) in [5.41, 5.74) is 0. The zero-order valence-corrected chi connectivity index (χ0v) is 16.4. The van der Waals surface area contributed by atoms with Gasteiger partial charge in [0.2, 0.25) is 15.9 Å². The zero-order chi connectivity index (χ0) is 19.6. The van der Waals surface area contributed by atoms with E-state index in [0.29, 0.717) is 43.6 Å². The molecule has 1 aromatic heterocycles. The summed E-state index contributed by atoms with van der Waals surface area (Å²) < 4.78 is 51.5. The summed E-state index contributed by atoms with van der Waals surface area (Å²) in [4.78, 5) is 4.40. The summed E-state index contributed by atoms with van der Waals surface area (Å²) >= 11 is 0. The molecular weight excluding hydrogens is 385 g/mol. The highest BCUT2D eigenvalue weighted by molar-refractivity contribution is 7.89. The molecular formula is C19H24FN3O4S. The van der Waals surface area contributed by atoms with E-state index >= 15 is 0 Å². The van der Waals surface area contributed by atoms with Crippen LogP contribution in [0.25, 0.3) is 0 Å². The van der Waals surface area contributed by atoms with Gasteiger partial charge in [0.1, 0.15) is 5.82 Å². The lowest BCUT2D eigenvalue weighted by Gasteiger charge is -2.30. The molecule has 1 aromatic carbocycles. The summed E-state index contributed by atoms with van der Waals surface area (Å²) in [6.45, 7) is 1.99. The van der Waals surface area contributed by atoms with Crippen LogP contribution >= 0.6 is 0 Å². The molecule has 1 aliphatic carbocycles. The zero-order valence-electron chi connectivity index (χ0n) is 15.6. The topological polar surface area (TPSA) is 85.5 Å². The van der Waals surface area contributed by atoms with Crippen molar-refractivity contribution in [1.82, 2.24) is 14.4 Å². The van der Waals surface area contributed by atoms with Crippen LogP contribution in [0.3, 0.4) is 0 Å². The Kier molecular flexibility index (Phi) is 5.75. The molecule has 0 amide bonds. The molecule has 2 heterocycles. The molecule has 4 rings (SSSR count). The lowest BCUT2D eigenvalue weighted by molar-refractivity contribution is 0.125. The molecule has 0 bridgehead atoms. The first-order valence-electron chi connectivity index (χ1n) is 9.68. The van der Waals surface area contributed by atoms with E-state index in [4.69, 9.17) is 9.26 Å². The molecule has 9 heteroatoms. The molecule has 1 saturated heterocycles. The Morgan fingerprint density at radius 2 is 2.14 bits per heavy atom. The molecule has 1 aliphatic heterocycles. The van der Waals surface area contributed by atoms with Crippen LogP contribution in [0.15, 0.2) is 33.7 Å². The van der Waals surface area contributed by atoms with E-state index in [2.05, 4.69) is 10.1 Å². The van der Waals surface area contributed by atoms with Gasteiger partial charge in [-0.1, -0.05) is 11.2 Å². The standard InChI is InChI=1S/C19H24FN3O4S/c20-16-4-1-5-17(11-16)28(24,25)23-9-2-3-15(12-23)19-21-18(22-27-19)8-10-26-13-14-6-7-14/h1,4-5,11,14-15H,2-3,6-10,12-13H2. The Balaban J connectivity index is 1.38. The predicted molar refractivity (Wildman–Crippen MR) is 98.7 cm³/mol. The Bertz CT molecular complexity index is 913. The van der Waals surface area contributed by atoms with Crippen LogP contribution in [0.4, 0.5) is 4.39 Å². The maximum atomic E-state index is 13.5. The normalized spacial score (nSPS) is 21.1. The minimum absolute atomic E-state index is 0.0350. The van der Waals surface area contributed by atoms with Gasteiger partial charge in [-0.05, 0) is 49.8 Å². The number of halogens is 1. The molecule has 2 aliphatic rings. The number of hydrogen-bond acceptors (Lipinski definition) is 6. The highest BCUT2D eigenvalue weighted by Crippen LogP contribution is 2.30. The van der Waals surface area contributed by atoms with Gasteiger partial charge in [-0.3, -0.25) is 0 Å². The van der Waals surface area contributed by atoms with E-state index in [1.54, 1.807) is 0 Å². The number of aromatic nitrogens is 2. The molecule has 2 aromatic rings. The van der Waals surface area contributed by atoms with Crippen molar-refractivity contribution in [2.75, 3.05) is 26.3 Å². The summed E-state index contributed by atoms with van der Waals surface area (Å²) in [7, 11) is -3.76. The molecule has 0 radical (unpaired) electrons. The number of benzene rings is 1. The fourth-order valence-electron chi connectivity index (χ4n) is 3.37. The third kappa shape index (κ3) is 4.59. The van der Waals surface area contributed by atoms with E-state index < -0.39 is 15.8 Å². The number of piperidine rings is 1. The molecule has 28 heavy (non-hydrogen) atoms. The van der Waals surface area contributed by atoms with Crippen LogP contribution in [-0.2, 0) is 21.2 Å². The van der Waals surface area contributed by atoms with Gasteiger partial charge < -0.3 is 9.26 Å². The summed E-state index contributed by atoms with van der Waals surface area (Å²) in [6, 6.07) is 5.09. The molecule has 0 N–H and O–H groups in total. The van der Waals surface area contributed by atoms with E-state index in [1.165, 1.54) is 35.3 Å². The van der Waals surface area contributed by atoms with Crippen LogP contribution in [-0.4, -0.2) is 49.2 Å². The molecule has 152 valence electrons. The van der Waals surface area contributed by atoms with Crippen LogP contribution < -0.4 is 0 Å². The lowest BCUT2D eigenvalue weighted by atomic mass is 10.00. The van der Waals surface area contributed by atoms with Crippen molar-refractivity contribution in [1.29, 1.82) is 0 Å². The van der Waals surface area contributed by atoms with Gasteiger partial charge in [0.15, 0.2) is 5.82 Å². The van der Waals surface area contributed by atoms with Crippen molar-refractivity contribution in [2.24, 2.45) is 5.92 Å². The SMILES string of the molecule is O=S(=O)(c1cccc(F)c1)N1CCCC(c2nc(CCOCC3CC3)no2)C1. The van der Waals surface area contributed by atoms with E-state index in [-0.39, 0.29) is 17.4 Å². The van der Waals surface area contributed by atoms with Gasteiger partial charge in [-0.25, -0.2) is 12.8 Å². The summed E-state index contributed by atoms with van der Waals surface area (Å²) in [5.74, 6) is 1.02. The molecule has 7 nitrogen and oxygen atoms in total. The van der Waals surface area contributed by atoms with Crippen LogP contribution in [0.2, 0.25) is 0 Å². The number of ether oxygens (including phenoxy) is 1. The average Bonchev–Trinajstić information content (AvgIpc) is 3.41. The highest BCUT2D eigenvalue weighted by Gasteiger charge is 2.33. The fourth-order valence-corrected chi connectivity index (χ4v) is 4.93. The number of nitrogens with zero attached hydrogens (tertiary/aromatic N) is 3. The maximum Gasteiger partial charge on any atom is 0.243 e. The molecule has 1 saturated carbocycles. The molecule has 1 atom stereocenters. The molecule has 0 spiro atoms. The second-order valence-corrected chi connectivity index (χ2v) is 9.41. The first-order valence-corrected chi connectivity index (χ1v) is 11.1. The first kappa shape index (κ1) is 19.5. The van der Waals surface area contributed by atoms with Crippen molar-refractivity contribution in [2.45, 2.75) is 42.9 Å². The first-order chi connectivity index (χ1) is 13.5. The third-order valence-corrected chi connectivity index (χ3v) is 7.03. The Morgan fingerprint density at radius 1 is 1.29 bits per heavy atom. The third-order valence-electron chi connectivity index (χ3n) is 5.17. The monoisotopic (exact) mass is 409 g/mol. The second kappa shape index (κ2) is 8.26. The minimum atomic E-state index is -3.76.